The second-order valence-electron chi connectivity index (χ2n) is 5.88. The summed E-state index contributed by atoms with van der Waals surface area (Å²) in [4.78, 5) is 0. The van der Waals surface area contributed by atoms with Crippen LogP contribution in [0.3, 0.4) is 0 Å². The van der Waals surface area contributed by atoms with E-state index in [2.05, 4.69) is 6.92 Å². The Morgan fingerprint density at radius 3 is 1.88 bits per heavy atom. The number of rotatable bonds is 10. The molecule has 26 heavy (non-hydrogen) atoms. The number of halogens is 2. The van der Waals surface area contributed by atoms with Crippen molar-refractivity contribution >= 4 is 36.7 Å². The molecule has 148 valence electrons. The van der Waals surface area contributed by atoms with E-state index in [1.54, 1.807) is 30.3 Å². The molecule has 0 radical (unpaired) electrons. The topological polar surface area (TPSA) is 34.1 Å². The molecule has 2 nitrogen and oxygen atoms in total. The van der Waals surface area contributed by atoms with Gasteiger partial charge in [-0.3, -0.25) is 0 Å². The first-order valence-corrected chi connectivity index (χ1v) is 12.5. The van der Waals surface area contributed by atoms with Crippen molar-refractivity contribution in [2.24, 2.45) is 0 Å². The summed E-state index contributed by atoms with van der Waals surface area (Å²) in [5.41, 5.74) is 0. The summed E-state index contributed by atoms with van der Waals surface area (Å²) in [5, 5.41) is 1.65. The van der Waals surface area contributed by atoms with E-state index >= 15 is 0 Å². The van der Waals surface area contributed by atoms with Crippen LogP contribution in [0.2, 0.25) is 15.4 Å². The number of benzene rings is 2. The van der Waals surface area contributed by atoms with Crippen LogP contribution in [0.4, 0.5) is 0 Å². The van der Waals surface area contributed by atoms with E-state index in [-0.39, 0.29) is 0 Å². The summed E-state index contributed by atoms with van der Waals surface area (Å²) >= 11 is 8.87. The summed E-state index contributed by atoms with van der Waals surface area (Å²) in [5.74, 6) is 0. The summed E-state index contributed by atoms with van der Waals surface area (Å²) in [6.07, 6.45) is 7.14. The molecule has 0 spiro atoms. The van der Waals surface area contributed by atoms with Crippen LogP contribution in [-0.4, -0.2) is 0 Å². The standard InChI is InChI=1S/C8H17.C6H3Cl2.C6H4.2Co.2O/c1-3-5-7-8-6-4-2;7-5-2-1-3-6(8)4-5;1-2-4-6-5-3-1;;;;/h1,3-8H2,2H3;2-4H;1-2,5-6H;;;;. The molecule has 0 heterocycles. The molecule has 0 aromatic heterocycles. The van der Waals surface area contributed by atoms with Gasteiger partial charge in [0.2, 0.25) is 0 Å². The van der Waals surface area contributed by atoms with Crippen molar-refractivity contribution in [3.8, 4) is 0 Å². The zero-order chi connectivity index (χ0) is 18.9. The molecule has 0 bridgehead atoms. The van der Waals surface area contributed by atoms with Crippen molar-refractivity contribution in [2.45, 2.75) is 50.8 Å². The van der Waals surface area contributed by atoms with Crippen molar-refractivity contribution in [1.29, 1.82) is 0 Å². The van der Waals surface area contributed by atoms with Crippen LogP contribution in [0.5, 0.6) is 0 Å². The average Bonchev–Trinajstić information content (AvgIpc) is 2.63. The Balaban J connectivity index is 1.92. The minimum absolute atomic E-state index is 0.466. The Morgan fingerprint density at radius 2 is 1.27 bits per heavy atom. The molecule has 6 heteroatoms. The third-order valence-corrected chi connectivity index (χ3v) is 7.81. The van der Waals surface area contributed by atoms with Crippen LogP contribution in [0.25, 0.3) is 0 Å². The van der Waals surface area contributed by atoms with Crippen molar-refractivity contribution in [2.75, 3.05) is 0 Å². The third kappa shape index (κ3) is 6.98. The summed E-state index contributed by atoms with van der Waals surface area (Å²) in [7, 11) is 0. The Labute approximate surface area is 174 Å². The summed E-state index contributed by atoms with van der Waals surface area (Å²) < 4.78 is 27.2. The maximum absolute atomic E-state index is 12.7. The molecule has 2 aromatic rings. The van der Waals surface area contributed by atoms with E-state index in [1.807, 2.05) is 12.1 Å². The van der Waals surface area contributed by atoms with Gasteiger partial charge in [-0.05, 0) is 0 Å². The van der Waals surface area contributed by atoms with Gasteiger partial charge in [-0.15, -0.1) is 0 Å². The van der Waals surface area contributed by atoms with Gasteiger partial charge in [-0.2, -0.15) is 0 Å². The van der Waals surface area contributed by atoms with Crippen molar-refractivity contribution in [1.82, 2.24) is 0 Å². The second-order valence-corrected chi connectivity index (χ2v) is 10.6. The van der Waals surface area contributed by atoms with Gasteiger partial charge < -0.3 is 0 Å². The van der Waals surface area contributed by atoms with Gasteiger partial charge in [0.1, 0.15) is 0 Å². The monoisotopic (exact) mass is 484 g/mol. The second kappa shape index (κ2) is 11.5. The van der Waals surface area contributed by atoms with Gasteiger partial charge in [-0.1, -0.05) is 0 Å². The van der Waals surface area contributed by atoms with Crippen LogP contribution in [0.1, 0.15) is 45.4 Å². The molecule has 0 aliphatic rings. The quantitative estimate of drug-likeness (QED) is 0.430. The van der Waals surface area contributed by atoms with E-state index in [0.717, 1.165) is 17.3 Å². The maximum atomic E-state index is 12.7. The number of unbranched alkanes of at least 4 members (excludes halogenated alkanes) is 5. The average molecular weight is 485 g/mol. The molecular formula is C20H24Cl2Co2O2. The van der Waals surface area contributed by atoms with E-state index in [4.69, 9.17) is 23.2 Å². The predicted octanol–water partition coefficient (Wildman–Crippen LogP) is 5.28. The van der Waals surface area contributed by atoms with Crippen LogP contribution in [0.15, 0.2) is 42.5 Å². The fourth-order valence-corrected chi connectivity index (χ4v) is 5.98. The Bertz CT molecular complexity index is 741. The van der Waals surface area contributed by atoms with Gasteiger partial charge in [0.05, 0.1) is 0 Å². The van der Waals surface area contributed by atoms with Crippen LogP contribution >= 0.6 is 23.2 Å². The SMILES string of the molecule is CCCCCCC[CH2][Co](=[O])[c]1cc[c]([Co](=[O])[c]2cc(Cl)cc(Cl)c2)cc1. The molecule has 2 aromatic carbocycles. The van der Waals surface area contributed by atoms with Crippen molar-refractivity contribution in [3.05, 3.63) is 52.5 Å². The Kier molecular flexibility index (Phi) is 9.67. The first-order valence-electron chi connectivity index (χ1n) is 8.65. The fraction of sp³-hybridized carbons (Fsp3) is 0.400. The zero-order valence-electron chi connectivity index (χ0n) is 14.7. The molecule has 0 N–H and O–H groups in total. The van der Waals surface area contributed by atoms with Crippen LogP contribution in [0, 0.1) is 0 Å². The molecule has 0 aliphatic carbocycles. The van der Waals surface area contributed by atoms with Crippen LogP contribution in [-0.2, 0) is 34.9 Å². The third-order valence-electron chi connectivity index (χ3n) is 3.78. The van der Waals surface area contributed by atoms with Crippen molar-refractivity contribution < 1.29 is 34.9 Å². The summed E-state index contributed by atoms with van der Waals surface area (Å²) in [6.45, 7) is 2.20. The van der Waals surface area contributed by atoms with E-state index < -0.39 is 27.2 Å². The molecular weight excluding hydrogens is 461 g/mol. The zero-order valence-corrected chi connectivity index (χ0v) is 18.3. The molecule has 0 aliphatic heterocycles. The van der Waals surface area contributed by atoms with Crippen molar-refractivity contribution in [3.63, 3.8) is 0 Å². The minimum atomic E-state index is -1.74. The van der Waals surface area contributed by atoms with E-state index in [1.165, 1.54) is 25.7 Å². The first kappa shape index (κ1) is 21.9. The predicted molar refractivity (Wildman–Crippen MR) is 101 cm³/mol. The number of hydrogen-bond acceptors (Lipinski definition) is 2. The molecule has 0 saturated heterocycles. The normalized spacial score (nSPS) is 12.1. The summed E-state index contributed by atoms with van der Waals surface area (Å²) in [6, 6.07) is 12.2. The molecule has 0 saturated carbocycles. The van der Waals surface area contributed by atoms with Gasteiger partial charge in [0.25, 0.3) is 0 Å². The first-order chi connectivity index (χ1) is 12.5. The molecule has 2 rings (SSSR count). The van der Waals surface area contributed by atoms with Gasteiger partial charge in [0.15, 0.2) is 0 Å². The Morgan fingerprint density at radius 1 is 0.731 bits per heavy atom. The van der Waals surface area contributed by atoms with E-state index in [9.17, 15) is 7.73 Å². The molecule has 0 fully saturated rings. The molecule has 0 amide bonds. The molecule has 0 atom stereocenters. The van der Waals surface area contributed by atoms with Gasteiger partial charge in [0, 0.05) is 0 Å². The van der Waals surface area contributed by atoms with Crippen LogP contribution < -0.4 is 13.5 Å². The van der Waals surface area contributed by atoms with E-state index in [0.29, 0.717) is 24.4 Å². The molecule has 0 unspecified atom stereocenters. The van der Waals surface area contributed by atoms with Gasteiger partial charge >= 0.3 is 175 Å². The Hall–Kier alpha value is -0.367. The van der Waals surface area contributed by atoms with Gasteiger partial charge in [-0.25, -0.2) is 0 Å². The number of hydrogen-bond donors (Lipinski definition) is 0. The fourth-order valence-electron chi connectivity index (χ4n) is 2.41.